The van der Waals surface area contributed by atoms with Crippen molar-refractivity contribution >= 4 is 11.8 Å². The summed E-state index contributed by atoms with van der Waals surface area (Å²) in [5.74, 6) is 4.09. The third kappa shape index (κ3) is 2.31. The number of thioether (sulfide) groups is 1. The summed E-state index contributed by atoms with van der Waals surface area (Å²) in [6.07, 6.45) is 7.23. The van der Waals surface area contributed by atoms with Gasteiger partial charge in [-0.2, -0.15) is 11.8 Å². The van der Waals surface area contributed by atoms with Gasteiger partial charge in [-0.05, 0) is 38.0 Å². The van der Waals surface area contributed by atoms with Gasteiger partial charge in [-0.1, -0.05) is 0 Å². The van der Waals surface area contributed by atoms with Crippen LogP contribution in [0.3, 0.4) is 0 Å². The molecule has 3 atom stereocenters. The molecule has 1 spiro atoms. The van der Waals surface area contributed by atoms with Crippen LogP contribution in [0.2, 0.25) is 0 Å². The highest BCUT2D eigenvalue weighted by atomic mass is 32.2. The van der Waals surface area contributed by atoms with E-state index in [4.69, 9.17) is 4.74 Å². The van der Waals surface area contributed by atoms with Gasteiger partial charge in [-0.25, -0.2) is 4.98 Å². The molecule has 100 valence electrons. The highest BCUT2D eigenvalue weighted by Gasteiger charge is 2.42. The predicted octanol–water partition coefficient (Wildman–Crippen LogP) is 1.97. The maximum atomic E-state index is 6.09. The third-order valence-electron chi connectivity index (χ3n) is 4.19. The fraction of sp³-hybridized carbons (Fsp3) is 0.769. The monoisotopic (exact) mass is 267 g/mol. The van der Waals surface area contributed by atoms with Crippen LogP contribution in [0.1, 0.15) is 31.1 Å². The molecule has 2 saturated heterocycles. The number of aromatic amines is 1. The molecule has 3 unspecified atom stereocenters. The van der Waals surface area contributed by atoms with Crippen molar-refractivity contribution in [1.82, 2.24) is 15.3 Å². The lowest BCUT2D eigenvalue weighted by Crippen LogP contribution is -2.43. The van der Waals surface area contributed by atoms with Crippen molar-refractivity contribution in [2.24, 2.45) is 5.92 Å². The Morgan fingerprint density at radius 2 is 2.61 bits per heavy atom. The van der Waals surface area contributed by atoms with Crippen molar-refractivity contribution in [3.8, 4) is 0 Å². The molecule has 0 bridgehead atoms. The second-order valence-electron chi connectivity index (χ2n) is 5.33. The fourth-order valence-corrected chi connectivity index (χ4v) is 4.63. The van der Waals surface area contributed by atoms with Crippen LogP contribution in [0.5, 0.6) is 0 Å². The number of aromatic nitrogens is 2. The summed E-state index contributed by atoms with van der Waals surface area (Å²) in [5, 5.41) is 3.42. The van der Waals surface area contributed by atoms with Crippen molar-refractivity contribution in [3.05, 3.63) is 18.2 Å². The largest absolute Gasteiger partial charge is 0.374 e. The molecule has 2 aliphatic heterocycles. The number of nitrogens with one attached hydrogen (secondary N) is 2. The maximum absolute atomic E-state index is 6.09. The number of hydrogen-bond donors (Lipinski definition) is 2. The smallest absolute Gasteiger partial charge is 0.123 e. The number of imidazole rings is 1. The maximum Gasteiger partial charge on any atom is 0.123 e. The van der Waals surface area contributed by atoms with Crippen LogP contribution < -0.4 is 5.32 Å². The van der Waals surface area contributed by atoms with E-state index in [2.05, 4.69) is 15.3 Å². The molecular formula is C13H21N3OS. The molecule has 0 radical (unpaired) electrons. The van der Waals surface area contributed by atoms with Crippen molar-refractivity contribution < 1.29 is 4.74 Å². The van der Waals surface area contributed by atoms with Crippen molar-refractivity contribution in [2.45, 2.75) is 30.9 Å². The first-order valence-corrected chi connectivity index (χ1v) is 7.87. The summed E-state index contributed by atoms with van der Waals surface area (Å²) in [5.41, 5.74) is 0.148. The zero-order valence-corrected chi connectivity index (χ0v) is 11.6. The Morgan fingerprint density at radius 1 is 1.67 bits per heavy atom. The molecular weight excluding hydrogens is 246 g/mol. The van der Waals surface area contributed by atoms with Crippen LogP contribution in [0.4, 0.5) is 0 Å². The lowest BCUT2D eigenvalue weighted by molar-refractivity contribution is -0.0854. The van der Waals surface area contributed by atoms with Crippen molar-refractivity contribution in [2.75, 3.05) is 25.2 Å². The second kappa shape index (κ2) is 5.23. The molecule has 1 aromatic rings. The minimum atomic E-state index is 0.148. The number of ether oxygens (including phenoxy) is 1. The molecule has 18 heavy (non-hydrogen) atoms. The van der Waals surface area contributed by atoms with E-state index in [1.165, 1.54) is 12.2 Å². The Morgan fingerprint density at radius 3 is 3.28 bits per heavy atom. The highest BCUT2D eigenvalue weighted by molar-refractivity contribution is 7.99. The molecule has 3 rings (SSSR count). The Balaban J connectivity index is 1.74. The van der Waals surface area contributed by atoms with Crippen molar-refractivity contribution in [3.63, 3.8) is 0 Å². The van der Waals surface area contributed by atoms with Crippen LogP contribution in [-0.2, 0) is 4.74 Å². The zero-order valence-electron chi connectivity index (χ0n) is 10.8. The Kier molecular flexibility index (Phi) is 3.63. The van der Waals surface area contributed by atoms with E-state index >= 15 is 0 Å². The molecule has 4 nitrogen and oxygen atoms in total. The summed E-state index contributed by atoms with van der Waals surface area (Å²) in [4.78, 5) is 7.66. The van der Waals surface area contributed by atoms with Crippen LogP contribution in [-0.4, -0.2) is 40.7 Å². The quantitative estimate of drug-likeness (QED) is 0.879. The minimum Gasteiger partial charge on any atom is -0.374 e. The van der Waals surface area contributed by atoms with Gasteiger partial charge in [0.25, 0.3) is 0 Å². The van der Waals surface area contributed by atoms with Gasteiger partial charge in [-0.3, -0.25) is 0 Å². The SMILES string of the molecule is CNC(c1ncc[nH]1)C1CCOC2(CCSC2)C1. The van der Waals surface area contributed by atoms with Gasteiger partial charge < -0.3 is 15.0 Å². The average Bonchev–Trinajstić information content (AvgIpc) is 3.03. The van der Waals surface area contributed by atoms with Gasteiger partial charge >= 0.3 is 0 Å². The third-order valence-corrected chi connectivity index (χ3v) is 5.42. The first kappa shape index (κ1) is 12.5. The predicted molar refractivity (Wildman–Crippen MR) is 73.7 cm³/mol. The van der Waals surface area contributed by atoms with E-state index in [-0.39, 0.29) is 5.60 Å². The van der Waals surface area contributed by atoms with Gasteiger partial charge in [0.1, 0.15) is 5.82 Å². The van der Waals surface area contributed by atoms with Gasteiger partial charge in [0.05, 0.1) is 11.6 Å². The van der Waals surface area contributed by atoms with Gasteiger partial charge in [-0.15, -0.1) is 0 Å². The van der Waals surface area contributed by atoms with E-state index in [0.29, 0.717) is 12.0 Å². The van der Waals surface area contributed by atoms with Gasteiger partial charge in [0.15, 0.2) is 0 Å². The first-order chi connectivity index (χ1) is 8.83. The number of rotatable bonds is 3. The molecule has 2 fully saturated rings. The van der Waals surface area contributed by atoms with Gasteiger partial charge in [0.2, 0.25) is 0 Å². The van der Waals surface area contributed by atoms with E-state index in [1.54, 1.807) is 0 Å². The topological polar surface area (TPSA) is 49.9 Å². The molecule has 0 aromatic carbocycles. The van der Waals surface area contributed by atoms with Crippen molar-refractivity contribution in [1.29, 1.82) is 0 Å². The lowest BCUT2D eigenvalue weighted by Gasteiger charge is -2.40. The minimum absolute atomic E-state index is 0.148. The normalized spacial score (nSPS) is 33.9. The first-order valence-electron chi connectivity index (χ1n) is 6.71. The van der Waals surface area contributed by atoms with Crippen LogP contribution >= 0.6 is 11.8 Å². The Labute approximate surface area is 112 Å². The molecule has 2 N–H and O–H groups in total. The van der Waals surface area contributed by atoms with E-state index in [9.17, 15) is 0 Å². The summed E-state index contributed by atoms with van der Waals surface area (Å²) in [7, 11) is 2.03. The zero-order chi connectivity index (χ0) is 12.4. The van der Waals surface area contributed by atoms with Crippen LogP contribution in [0, 0.1) is 5.92 Å². The summed E-state index contributed by atoms with van der Waals surface area (Å²) in [6, 6.07) is 0.325. The molecule has 0 aliphatic carbocycles. The number of H-pyrrole nitrogens is 1. The highest BCUT2D eigenvalue weighted by Crippen LogP contribution is 2.43. The van der Waals surface area contributed by atoms with E-state index in [0.717, 1.165) is 31.0 Å². The molecule has 1 aromatic heterocycles. The van der Waals surface area contributed by atoms with E-state index in [1.807, 2.05) is 31.2 Å². The molecule has 3 heterocycles. The standard InChI is InChI=1S/C13H21N3OS/c1-14-11(12-15-4-5-16-12)10-2-6-17-13(8-10)3-7-18-9-13/h4-5,10-11,14H,2-3,6-9H2,1H3,(H,15,16). The van der Waals surface area contributed by atoms with Crippen LogP contribution in [0.25, 0.3) is 0 Å². The second-order valence-corrected chi connectivity index (χ2v) is 6.43. The average molecular weight is 267 g/mol. The lowest BCUT2D eigenvalue weighted by atomic mass is 9.81. The van der Waals surface area contributed by atoms with Gasteiger partial charge in [0, 0.05) is 24.8 Å². The fourth-order valence-electron chi connectivity index (χ4n) is 3.26. The summed E-state index contributed by atoms with van der Waals surface area (Å²) < 4.78 is 6.09. The number of nitrogens with zero attached hydrogens (tertiary/aromatic N) is 1. The van der Waals surface area contributed by atoms with E-state index < -0.39 is 0 Å². The Bertz CT molecular complexity index is 376. The summed E-state index contributed by atoms with van der Waals surface area (Å²) in [6.45, 7) is 0.893. The molecule has 0 saturated carbocycles. The molecule has 5 heteroatoms. The number of hydrogen-bond acceptors (Lipinski definition) is 4. The molecule has 0 amide bonds. The Hall–Kier alpha value is -0.520. The summed E-state index contributed by atoms with van der Waals surface area (Å²) >= 11 is 2.03. The van der Waals surface area contributed by atoms with Crippen LogP contribution in [0.15, 0.2) is 12.4 Å². The molecule has 2 aliphatic rings.